The highest BCUT2D eigenvalue weighted by Crippen LogP contribution is 2.33. The van der Waals surface area contributed by atoms with Crippen LogP contribution in [0.15, 0.2) is 71.6 Å². The molecule has 2 amide bonds. The van der Waals surface area contributed by atoms with E-state index in [-0.39, 0.29) is 11.8 Å². The Morgan fingerprint density at radius 2 is 1.76 bits per heavy atom. The van der Waals surface area contributed by atoms with Gasteiger partial charge in [0.25, 0.3) is 5.91 Å². The molecule has 1 aliphatic heterocycles. The Kier molecular flexibility index (Phi) is 7.81. The summed E-state index contributed by atoms with van der Waals surface area (Å²) in [6, 6.07) is 21.3. The van der Waals surface area contributed by atoms with Gasteiger partial charge in [0.05, 0.1) is 4.91 Å². The van der Waals surface area contributed by atoms with Crippen LogP contribution in [0.25, 0.3) is 16.8 Å². The Balaban J connectivity index is 1.20. The molecule has 1 aliphatic rings. The van der Waals surface area contributed by atoms with Crippen molar-refractivity contribution < 1.29 is 9.59 Å². The number of anilines is 1. The molecule has 0 aliphatic carbocycles. The van der Waals surface area contributed by atoms with Gasteiger partial charge in [0.15, 0.2) is 0 Å². The van der Waals surface area contributed by atoms with Crippen LogP contribution in [0.2, 0.25) is 5.02 Å². The number of hydrogen-bond acceptors (Lipinski definition) is 4. The number of unbranched alkanes of at least 4 members (excludes halogenated alkanes) is 2. The van der Waals surface area contributed by atoms with Gasteiger partial charge in [0.1, 0.15) is 4.32 Å². The van der Waals surface area contributed by atoms with Crippen LogP contribution in [0.1, 0.15) is 31.2 Å². The zero-order chi connectivity index (χ0) is 23.2. The van der Waals surface area contributed by atoms with Crippen molar-refractivity contribution in [2.24, 2.45) is 0 Å². The van der Waals surface area contributed by atoms with Crippen molar-refractivity contribution in [1.82, 2.24) is 4.90 Å². The van der Waals surface area contributed by atoms with Crippen molar-refractivity contribution in [1.29, 1.82) is 0 Å². The number of amides is 2. The number of fused-ring (bicyclic) bond motifs is 1. The topological polar surface area (TPSA) is 49.4 Å². The van der Waals surface area contributed by atoms with E-state index in [1.165, 1.54) is 11.8 Å². The first-order valence-electron chi connectivity index (χ1n) is 10.8. The maximum atomic E-state index is 12.7. The van der Waals surface area contributed by atoms with E-state index in [0.717, 1.165) is 41.3 Å². The minimum Gasteiger partial charge on any atom is -0.326 e. The molecule has 33 heavy (non-hydrogen) atoms. The summed E-state index contributed by atoms with van der Waals surface area (Å²) in [4.78, 5) is 27.3. The smallest absolute Gasteiger partial charge is 0.266 e. The summed E-state index contributed by atoms with van der Waals surface area (Å²) >= 11 is 12.6. The molecule has 3 aromatic rings. The SMILES string of the molecule is O=C(CCCCCN1C(=O)/C(=C/c2ccc(Cl)cc2)SC1=S)Nc1ccc2ccccc2c1. The van der Waals surface area contributed by atoms with Crippen LogP contribution in [-0.2, 0) is 9.59 Å². The quantitative estimate of drug-likeness (QED) is 0.210. The summed E-state index contributed by atoms with van der Waals surface area (Å²) in [7, 11) is 0. The van der Waals surface area contributed by atoms with Crippen molar-refractivity contribution in [3.8, 4) is 0 Å². The molecule has 0 atom stereocenters. The molecular formula is C26H23ClN2O2S2. The molecule has 1 heterocycles. The third-order valence-electron chi connectivity index (χ3n) is 5.36. The minimum absolute atomic E-state index is 0.00166. The molecule has 168 valence electrons. The standard InChI is InChI=1S/C26H23ClN2O2S2/c27-21-12-9-18(10-13-21)16-23-25(31)29(26(32)33-23)15-5-1-2-8-24(30)28-22-14-11-19-6-3-4-7-20(19)17-22/h3-4,6-7,9-14,16-17H,1-2,5,8,15H2,(H,28,30)/b23-16-. The van der Waals surface area contributed by atoms with Gasteiger partial charge in [-0.2, -0.15) is 0 Å². The lowest BCUT2D eigenvalue weighted by Gasteiger charge is -2.14. The fraction of sp³-hybridized carbons (Fsp3) is 0.192. The van der Waals surface area contributed by atoms with Gasteiger partial charge in [-0.3, -0.25) is 14.5 Å². The van der Waals surface area contributed by atoms with E-state index < -0.39 is 0 Å². The molecule has 0 bridgehead atoms. The summed E-state index contributed by atoms with van der Waals surface area (Å²) in [6.45, 7) is 0.564. The lowest BCUT2D eigenvalue weighted by molar-refractivity contribution is -0.122. The Labute approximate surface area is 208 Å². The van der Waals surface area contributed by atoms with Gasteiger partial charge in [-0.25, -0.2) is 0 Å². The highest BCUT2D eigenvalue weighted by Gasteiger charge is 2.31. The lowest BCUT2D eigenvalue weighted by Crippen LogP contribution is -2.29. The Bertz CT molecular complexity index is 1220. The fourth-order valence-corrected chi connectivity index (χ4v) is 5.06. The number of thiocarbonyl (C=S) groups is 1. The molecule has 4 rings (SSSR count). The number of carbonyl (C=O) groups is 2. The third-order valence-corrected chi connectivity index (χ3v) is 6.99. The second-order valence-electron chi connectivity index (χ2n) is 7.81. The predicted molar refractivity (Wildman–Crippen MR) is 142 cm³/mol. The first-order valence-corrected chi connectivity index (χ1v) is 12.4. The number of nitrogens with one attached hydrogen (secondary N) is 1. The molecule has 7 heteroatoms. The molecule has 3 aromatic carbocycles. The van der Waals surface area contributed by atoms with Crippen LogP contribution >= 0.6 is 35.6 Å². The molecule has 0 aromatic heterocycles. The number of benzene rings is 3. The van der Waals surface area contributed by atoms with Crippen molar-refractivity contribution in [2.45, 2.75) is 25.7 Å². The number of halogens is 1. The van der Waals surface area contributed by atoms with Crippen molar-refractivity contribution in [3.63, 3.8) is 0 Å². The van der Waals surface area contributed by atoms with Crippen LogP contribution in [0, 0.1) is 0 Å². The van der Waals surface area contributed by atoms with E-state index in [0.29, 0.717) is 27.2 Å². The highest BCUT2D eigenvalue weighted by molar-refractivity contribution is 8.26. The monoisotopic (exact) mass is 494 g/mol. The molecule has 1 N–H and O–H groups in total. The number of nitrogens with zero attached hydrogens (tertiary/aromatic N) is 1. The van der Waals surface area contributed by atoms with E-state index in [1.807, 2.05) is 60.7 Å². The molecule has 0 saturated carbocycles. The van der Waals surface area contributed by atoms with Gasteiger partial charge in [-0.15, -0.1) is 0 Å². The van der Waals surface area contributed by atoms with Gasteiger partial charge in [0, 0.05) is 23.7 Å². The normalized spacial score (nSPS) is 14.9. The van der Waals surface area contributed by atoms with Crippen molar-refractivity contribution in [3.05, 3.63) is 82.2 Å². The zero-order valence-electron chi connectivity index (χ0n) is 17.9. The number of hydrogen-bond donors (Lipinski definition) is 1. The van der Waals surface area contributed by atoms with Crippen molar-refractivity contribution in [2.75, 3.05) is 11.9 Å². The van der Waals surface area contributed by atoms with Gasteiger partial charge in [0.2, 0.25) is 5.91 Å². The van der Waals surface area contributed by atoms with Gasteiger partial charge >= 0.3 is 0 Å². The number of rotatable bonds is 8. The van der Waals surface area contributed by atoms with Crippen LogP contribution in [0.5, 0.6) is 0 Å². The van der Waals surface area contributed by atoms with Gasteiger partial charge < -0.3 is 5.32 Å². The van der Waals surface area contributed by atoms with E-state index in [1.54, 1.807) is 17.0 Å². The summed E-state index contributed by atoms with van der Waals surface area (Å²) in [5, 5.41) is 5.88. The van der Waals surface area contributed by atoms with E-state index in [2.05, 4.69) is 5.32 Å². The zero-order valence-corrected chi connectivity index (χ0v) is 20.3. The lowest BCUT2D eigenvalue weighted by atomic mass is 10.1. The Morgan fingerprint density at radius 3 is 2.55 bits per heavy atom. The molecule has 1 fully saturated rings. The summed E-state index contributed by atoms with van der Waals surface area (Å²) in [5.74, 6) is -0.0595. The second-order valence-corrected chi connectivity index (χ2v) is 9.92. The average Bonchev–Trinajstić information content (AvgIpc) is 3.07. The van der Waals surface area contributed by atoms with Gasteiger partial charge in [-0.05, 0) is 59.5 Å². The fourth-order valence-electron chi connectivity index (χ4n) is 3.63. The van der Waals surface area contributed by atoms with E-state index in [9.17, 15) is 9.59 Å². The van der Waals surface area contributed by atoms with Crippen LogP contribution in [-0.4, -0.2) is 27.6 Å². The molecule has 1 saturated heterocycles. The maximum Gasteiger partial charge on any atom is 0.266 e. The number of thioether (sulfide) groups is 1. The summed E-state index contributed by atoms with van der Waals surface area (Å²) in [5.41, 5.74) is 1.72. The van der Waals surface area contributed by atoms with Crippen molar-refractivity contribution >= 4 is 74.3 Å². The summed E-state index contributed by atoms with van der Waals surface area (Å²) < 4.78 is 0.578. The van der Waals surface area contributed by atoms with Crippen LogP contribution in [0.3, 0.4) is 0 Å². The number of carbonyl (C=O) groups excluding carboxylic acids is 2. The molecule has 0 radical (unpaired) electrons. The molecule has 0 unspecified atom stereocenters. The van der Waals surface area contributed by atoms with Crippen LogP contribution < -0.4 is 5.32 Å². The largest absolute Gasteiger partial charge is 0.326 e. The predicted octanol–water partition coefficient (Wildman–Crippen LogP) is 6.89. The molecule has 4 nitrogen and oxygen atoms in total. The average molecular weight is 495 g/mol. The Morgan fingerprint density at radius 1 is 1.00 bits per heavy atom. The maximum absolute atomic E-state index is 12.7. The third kappa shape index (κ3) is 6.22. The Hall–Kier alpha value is -2.67. The van der Waals surface area contributed by atoms with E-state index >= 15 is 0 Å². The molecule has 0 spiro atoms. The van der Waals surface area contributed by atoms with Crippen LogP contribution in [0.4, 0.5) is 5.69 Å². The minimum atomic E-state index is -0.0611. The first-order chi connectivity index (χ1) is 16.0. The highest BCUT2D eigenvalue weighted by atomic mass is 35.5. The first kappa shape index (κ1) is 23.5. The van der Waals surface area contributed by atoms with E-state index in [4.69, 9.17) is 23.8 Å². The second kappa shape index (κ2) is 11.0. The summed E-state index contributed by atoms with van der Waals surface area (Å²) in [6.07, 6.45) is 4.69. The van der Waals surface area contributed by atoms with Gasteiger partial charge in [-0.1, -0.05) is 84.5 Å². The molecular weight excluding hydrogens is 472 g/mol.